The molecule has 1 N–H and O–H groups in total. The van der Waals surface area contributed by atoms with E-state index in [0.717, 1.165) is 6.61 Å². The van der Waals surface area contributed by atoms with Crippen molar-refractivity contribution in [3.8, 4) is 0 Å². The maximum atomic E-state index is 6.16. The quantitative estimate of drug-likeness (QED) is 0.672. The van der Waals surface area contributed by atoms with E-state index in [4.69, 9.17) is 4.74 Å². The monoisotopic (exact) mass is 299 g/mol. The lowest BCUT2D eigenvalue weighted by molar-refractivity contribution is -0.0930. The molecule has 2 heterocycles. The zero-order valence-electron chi connectivity index (χ0n) is 13.3. The first-order valence-electron chi connectivity index (χ1n) is 8.80. The second-order valence-corrected chi connectivity index (χ2v) is 7.78. The molecule has 1 spiro atoms. The Labute approximate surface area is 129 Å². The molecule has 0 bridgehead atoms. The van der Waals surface area contributed by atoms with Crippen molar-refractivity contribution in [2.75, 3.05) is 24.7 Å². The zero-order chi connectivity index (χ0) is 14.1. The van der Waals surface area contributed by atoms with E-state index in [1.807, 2.05) is 0 Å². The van der Waals surface area contributed by atoms with E-state index >= 15 is 0 Å². The Bertz CT molecular complexity index is 248. The summed E-state index contributed by atoms with van der Waals surface area (Å²) in [6.45, 7) is 4.47. The van der Waals surface area contributed by atoms with Crippen LogP contribution in [0.25, 0.3) is 0 Å². The Hall–Kier alpha value is 0.270. The lowest BCUT2D eigenvalue weighted by Gasteiger charge is -2.43. The second kappa shape index (κ2) is 9.32. The van der Waals surface area contributed by atoms with Crippen LogP contribution < -0.4 is 5.32 Å². The normalized spacial score (nSPS) is 25.9. The van der Waals surface area contributed by atoms with Crippen LogP contribution in [0.2, 0.25) is 0 Å². The Morgan fingerprint density at radius 1 is 1.10 bits per heavy atom. The molecule has 1 unspecified atom stereocenters. The van der Waals surface area contributed by atoms with Crippen LogP contribution in [0.1, 0.15) is 71.1 Å². The first-order chi connectivity index (χ1) is 9.85. The topological polar surface area (TPSA) is 21.3 Å². The lowest BCUT2D eigenvalue weighted by atomic mass is 9.85. The molecule has 2 nitrogen and oxygen atoms in total. The smallest absolute Gasteiger partial charge is 0.0713 e. The molecule has 0 aliphatic carbocycles. The molecule has 2 saturated heterocycles. The van der Waals surface area contributed by atoms with Gasteiger partial charge in [0, 0.05) is 12.6 Å². The molecule has 0 amide bonds. The Balaban J connectivity index is 1.56. The summed E-state index contributed by atoms with van der Waals surface area (Å²) >= 11 is 2.09. The van der Waals surface area contributed by atoms with Gasteiger partial charge in [0.25, 0.3) is 0 Å². The largest absolute Gasteiger partial charge is 0.375 e. The van der Waals surface area contributed by atoms with Gasteiger partial charge in [-0.1, -0.05) is 39.0 Å². The molecule has 2 aliphatic rings. The predicted octanol–water partition coefficient (Wildman–Crippen LogP) is 4.38. The van der Waals surface area contributed by atoms with Crippen molar-refractivity contribution >= 4 is 11.8 Å². The molecule has 20 heavy (non-hydrogen) atoms. The van der Waals surface area contributed by atoms with E-state index in [2.05, 4.69) is 24.0 Å². The van der Waals surface area contributed by atoms with Gasteiger partial charge in [-0.15, -0.1) is 0 Å². The van der Waals surface area contributed by atoms with Crippen LogP contribution in [0, 0.1) is 0 Å². The number of hydrogen-bond acceptors (Lipinski definition) is 3. The lowest BCUT2D eigenvalue weighted by Crippen LogP contribution is -2.49. The Kier molecular flexibility index (Phi) is 7.75. The first kappa shape index (κ1) is 16.6. The van der Waals surface area contributed by atoms with E-state index in [-0.39, 0.29) is 5.60 Å². The van der Waals surface area contributed by atoms with Gasteiger partial charge in [-0.25, -0.2) is 0 Å². The number of unbranched alkanes of at least 4 members (excludes halogenated alkanes) is 5. The fourth-order valence-electron chi connectivity index (χ4n) is 3.51. The fourth-order valence-corrected chi connectivity index (χ4v) is 4.74. The maximum absolute atomic E-state index is 6.16. The van der Waals surface area contributed by atoms with E-state index < -0.39 is 0 Å². The van der Waals surface area contributed by atoms with Gasteiger partial charge in [-0.05, 0) is 50.2 Å². The van der Waals surface area contributed by atoms with Gasteiger partial charge in [0.2, 0.25) is 0 Å². The van der Waals surface area contributed by atoms with Crippen molar-refractivity contribution < 1.29 is 4.74 Å². The summed E-state index contributed by atoms with van der Waals surface area (Å²) in [5.41, 5.74) is 0.238. The van der Waals surface area contributed by atoms with Crippen LogP contribution in [0.4, 0.5) is 0 Å². The van der Waals surface area contributed by atoms with Crippen molar-refractivity contribution in [1.29, 1.82) is 0 Å². The third-order valence-corrected chi connectivity index (χ3v) is 5.85. The van der Waals surface area contributed by atoms with Gasteiger partial charge < -0.3 is 10.1 Å². The molecule has 2 rings (SSSR count). The molecule has 2 fully saturated rings. The van der Waals surface area contributed by atoms with Crippen LogP contribution in [0.3, 0.4) is 0 Å². The van der Waals surface area contributed by atoms with E-state index in [0.29, 0.717) is 6.04 Å². The summed E-state index contributed by atoms with van der Waals surface area (Å²) < 4.78 is 6.16. The SMILES string of the molecule is CCCCCCCCNC1CCOC2(CCSCC2)C1. The predicted molar refractivity (Wildman–Crippen MR) is 89.6 cm³/mol. The highest BCUT2D eigenvalue weighted by atomic mass is 32.2. The van der Waals surface area contributed by atoms with Gasteiger partial charge in [0.05, 0.1) is 5.60 Å². The minimum absolute atomic E-state index is 0.238. The highest BCUT2D eigenvalue weighted by Gasteiger charge is 2.38. The third-order valence-electron chi connectivity index (χ3n) is 4.86. The second-order valence-electron chi connectivity index (χ2n) is 6.56. The van der Waals surface area contributed by atoms with Crippen LogP contribution in [-0.2, 0) is 4.74 Å². The third kappa shape index (κ3) is 5.57. The zero-order valence-corrected chi connectivity index (χ0v) is 14.1. The van der Waals surface area contributed by atoms with Crippen molar-refractivity contribution in [2.45, 2.75) is 82.8 Å². The molecule has 118 valence electrons. The molecule has 3 heteroatoms. The van der Waals surface area contributed by atoms with Crippen LogP contribution in [0.5, 0.6) is 0 Å². The van der Waals surface area contributed by atoms with Crippen LogP contribution >= 0.6 is 11.8 Å². The maximum Gasteiger partial charge on any atom is 0.0713 e. The molecular weight excluding hydrogens is 266 g/mol. The van der Waals surface area contributed by atoms with E-state index in [1.54, 1.807) is 0 Å². The Morgan fingerprint density at radius 2 is 1.85 bits per heavy atom. The number of nitrogens with one attached hydrogen (secondary N) is 1. The van der Waals surface area contributed by atoms with Crippen molar-refractivity contribution in [3.05, 3.63) is 0 Å². The van der Waals surface area contributed by atoms with E-state index in [9.17, 15) is 0 Å². The molecule has 1 atom stereocenters. The highest BCUT2D eigenvalue weighted by molar-refractivity contribution is 7.99. The summed E-state index contributed by atoms with van der Waals surface area (Å²) in [4.78, 5) is 0. The molecule has 0 aromatic heterocycles. The average molecular weight is 300 g/mol. The van der Waals surface area contributed by atoms with Gasteiger partial charge in [-0.3, -0.25) is 0 Å². The summed E-state index contributed by atoms with van der Waals surface area (Å²) in [7, 11) is 0. The van der Waals surface area contributed by atoms with Crippen molar-refractivity contribution in [2.24, 2.45) is 0 Å². The number of thioether (sulfide) groups is 1. The van der Waals surface area contributed by atoms with E-state index in [1.165, 1.54) is 82.3 Å². The first-order valence-corrected chi connectivity index (χ1v) is 9.95. The molecular formula is C17H33NOS. The molecule has 0 aromatic rings. The molecule has 2 aliphatic heterocycles. The molecule has 0 aromatic carbocycles. The van der Waals surface area contributed by atoms with Gasteiger partial charge in [0.1, 0.15) is 0 Å². The van der Waals surface area contributed by atoms with Crippen molar-refractivity contribution in [3.63, 3.8) is 0 Å². The number of ether oxygens (including phenoxy) is 1. The number of rotatable bonds is 8. The molecule has 0 saturated carbocycles. The van der Waals surface area contributed by atoms with Gasteiger partial charge in [-0.2, -0.15) is 11.8 Å². The summed E-state index contributed by atoms with van der Waals surface area (Å²) in [6.07, 6.45) is 13.4. The summed E-state index contributed by atoms with van der Waals surface area (Å²) in [5.74, 6) is 2.59. The molecule has 0 radical (unpaired) electrons. The summed E-state index contributed by atoms with van der Waals surface area (Å²) in [6, 6.07) is 0.711. The minimum atomic E-state index is 0.238. The standard InChI is InChI=1S/C17H33NOS/c1-2-3-4-5-6-7-11-18-16-8-12-19-17(15-16)9-13-20-14-10-17/h16,18H,2-15H2,1H3. The minimum Gasteiger partial charge on any atom is -0.375 e. The van der Waals surface area contributed by atoms with Crippen LogP contribution in [0.15, 0.2) is 0 Å². The van der Waals surface area contributed by atoms with Gasteiger partial charge in [0.15, 0.2) is 0 Å². The van der Waals surface area contributed by atoms with Crippen molar-refractivity contribution in [1.82, 2.24) is 5.32 Å². The number of hydrogen-bond donors (Lipinski definition) is 1. The average Bonchev–Trinajstić information content (AvgIpc) is 2.47. The fraction of sp³-hybridized carbons (Fsp3) is 1.00. The highest BCUT2D eigenvalue weighted by Crippen LogP contribution is 2.37. The van der Waals surface area contributed by atoms with Gasteiger partial charge >= 0.3 is 0 Å². The summed E-state index contributed by atoms with van der Waals surface area (Å²) in [5, 5.41) is 3.80. The Morgan fingerprint density at radius 3 is 2.65 bits per heavy atom. The van der Waals surface area contributed by atoms with Crippen LogP contribution in [-0.4, -0.2) is 36.3 Å².